The van der Waals surface area contributed by atoms with Crippen molar-refractivity contribution in [2.75, 3.05) is 25.2 Å². The molecule has 4 nitrogen and oxygen atoms in total. The molecule has 0 heterocycles. The van der Waals surface area contributed by atoms with Gasteiger partial charge in [0.2, 0.25) is 0 Å². The van der Waals surface area contributed by atoms with E-state index in [9.17, 15) is 4.79 Å². The van der Waals surface area contributed by atoms with Crippen LogP contribution in [0, 0.1) is 0 Å². The van der Waals surface area contributed by atoms with Crippen molar-refractivity contribution in [3.05, 3.63) is 0 Å². The molecule has 0 spiro atoms. The molecule has 2 N–H and O–H groups in total. The summed E-state index contributed by atoms with van der Waals surface area (Å²) in [5.41, 5.74) is 0. The first-order valence-corrected chi connectivity index (χ1v) is 6.96. The third-order valence-corrected chi connectivity index (χ3v) is 3.60. The lowest BCUT2D eigenvalue weighted by atomic mass is 10.2. The molecule has 1 fully saturated rings. The minimum Gasteiger partial charge on any atom is -0.468 e. The topological polar surface area (TPSA) is 58.6 Å². The Hall–Kier alpha value is -0.260. The molecule has 1 aliphatic rings. The molecule has 0 aromatic rings. The Bertz CT molecular complexity index is 209. The highest BCUT2D eigenvalue weighted by molar-refractivity contribution is 7.99. The van der Waals surface area contributed by atoms with Crippen LogP contribution >= 0.6 is 11.8 Å². The Balaban J connectivity index is 2.13. The number of esters is 1. The molecule has 0 amide bonds. The standard InChI is InChI=1S/C11H21NO3S/c1-15-11(14)10(12-9-3-4-9)5-8-16-7-2-6-13/h9-10,12-13H,2-8H2,1H3. The lowest BCUT2D eigenvalue weighted by molar-refractivity contribution is -0.143. The minimum atomic E-state index is -0.158. The molecule has 0 radical (unpaired) electrons. The van der Waals surface area contributed by atoms with E-state index in [1.165, 1.54) is 20.0 Å². The van der Waals surface area contributed by atoms with E-state index in [1.807, 2.05) is 0 Å². The van der Waals surface area contributed by atoms with Crippen molar-refractivity contribution >= 4 is 17.7 Å². The molecular weight excluding hydrogens is 226 g/mol. The lowest BCUT2D eigenvalue weighted by Gasteiger charge is -2.15. The third kappa shape index (κ3) is 5.72. The van der Waals surface area contributed by atoms with E-state index in [0.717, 1.165) is 24.3 Å². The van der Waals surface area contributed by atoms with Crippen LogP contribution in [0.3, 0.4) is 0 Å². The Morgan fingerprint density at radius 2 is 2.31 bits per heavy atom. The number of hydrogen-bond donors (Lipinski definition) is 2. The summed E-state index contributed by atoms with van der Waals surface area (Å²) in [5.74, 6) is 1.72. The summed E-state index contributed by atoms with van der Waals surface area (Å²) in [6.07, 6.45) is 3.97. The van der Waals surface area contributed by atoms with Crippen LogP contribution in [0.1, 0.15) is 25.7 Å². The average Bonchev–Trinajstić information content (AvgIpc) is 3.10. The Kier molecular flexibility index (Phi) is 6.84. The van der Waals surface area contributed by atoms with E-state index < -0.39 is 0 Å². The van der Waals surface area contributed by atoms with Crippen molar-refractivity contribution in [2.45, 2.75) is 37.8 Å². The van der Waals surface area contributed by atoms with Gasteiger partial charge in [-0.05, 0) is 37.2 Å². The zero-order valence-corrected chi connectivity index (χ0v) is 10.6. The zero-order chi connectivity index (χ0) is 11.8. The van der Waals surface area contributed by atoms with Crippen LogP contribution in [0.25, 0.3) is 0 Å². The van der Waals surface area contributed by atoms with Gasteiger partial charge < -0.3 is 15.2 Å². The fourth-order valence-electron chi connectivity index (χ4n) is 1.42. The van der Waals surface area contributed by atoms with E-state index in [2.05, 4.69) is 5.32 Å². The number of nitrogens with one attached hydrogen (secondary N) is 1. The summed E-state index contributed by atoms with van der Waals surface area (Å²) in [4.78, 5) is 11.5. The average molecular weight is 247 g/mol. The van der Waals surface area contributed by atoms with Crippen molar-refractivity contribution in [1.82, 2.24) is 5.32 Å². The summed E-state index contributed by atoms with van der Waals surface area (Å²) in [6.45, 7) is 0.244. The predicted molar refractivity (Wildman–Crippen MR) is 65.6 cm³/mol. The predicted octanol–water partition coefficient (Wildman–Crippen LogP) is 0.786. The number of carbonyl (C=O) groups excluding carboxylic acids is 1. The fraction of sp³-hybridized carbons (Fsp3) is 0.909. The van der Waals surface area contributed by atoms with Crippen molar-refractivity contribution in [2.24, 2.45) is 0 Å². The number of aliphatic hydroxyl groups excluding tert-OH is 1. The van der Waals surface area contributed by atoms with Crippen molar-refractivity contribution < 1.29 is 14.6 Å². The van der Waals surface area contributed by atoms with Crippen LogP contribution in [-0.4, -0.2) is 48.4 Å². The molecule has 5 heteroatoms. The summed E-state index contributed by atoms with van der Waals surface area (Å²) >= 11 is 1.77. The first kappa shape index (κ1) is 13.8. The van der Waals surface area contributed by atoms with Gasteiger partial charge in [0, 0.05) is 12.6 Å². The van der Waals surface area contributed by atoms with E-state index in [0.29, 0.717) is 6.04 Å². The van der Waals surface area contributed by atoms with Crippen molar-refractivity contribution in [3.8, 4) is 0 Å². The van der Waals surface area contributed by atoms with Gasteiger partial charge in [0.25, 0.3) is 0 Å². The highest BCUT2D eigenvalue weighted by Gasteiger charge is 2.28. The molecular formula is C11H21NO3S. The first-order valence-electron chi connectivity index (χ1n) is 5.80. The number of methoxy groups -OCH3 is 1. The summed E-state index contributed by atoms with van der Waals surface area (Å²) in [6, 6.07) is 0.366. The number of ether oxygens (including phenoxy) is 1. The molecule has 94 valence electrons. The number of rotatable bonds is 9. The van der Waals surface area contributed by atoms with E-state index in [4.69, 9.17) is 9.84 Å². The molecule has 1 saturated carbocycles. The van der Waals surface area contributed by atoms with Crippen LogP contribution in [0.2, 0.25) is 0 Å². The minimum absolute atomic E-state index is 0.154. The molecule has 1 rings (SSSR count). The lowest BCUT2D eigenvalue weighted by Crippen LogP contribution is -2.39. The van der Waals surface area contributed by atoms with E-state index in [1.54, 1.807) is 11.8 Å². The maximum absolute atomic E-state index is 11.5. The highest BCUT2D eigenvalue weighted by atomic mass is 32.2. The number of hydrogen-bond acceptors (Lipinski definition) is 5. The van der Waals surface area contributed by atoms with Crippen LogP contribution in [0.5, 0.6) is 0 Å². The third-order valence-electron chi connectivity index (χ3n) is 2.50. The molecule has 0 bridgehead atoms. The Morgan fingerprint density at radius 3 is 2.88 bits per heavy atom. The second-order valence-electron chi connectivity index (χ2n) is 3.99. The second kappa shape index (κ2) is 7.92. The summed E-state index contributed by atoms with van der Waals surface area (Å²) < 4.78 is 4.77. The second-order valence-corrected chi connectivity index (χ2v) is 5.22. The molecule has 1 unspecified atom stereocenters. The maximum atomic E-state index is 11.5. The summed E-state index contributed by atoms with van der Waals surface area (Å²) in [5, 5.41) is 11.9. The molecule has 16 heavy (non-hydrogen) atoms. The van der Waals surface area contributed by atoms with Crippen molar-refractivity contribution in [1.29, 1.82) is 0 Å². The smallest absolute Gasteiger partial charge is 0.322 e. The molecule has 0 aliphatic heterocycles. The van der Waals surface area contributed by atoms with Crippen molar-refractivity contribution in [3.63, 3.8) is 0 Å². The normalized spacial score (nSPS) is 17.1. The largest absolute Gasteiger partial charge is 0.468 e. The van der Waals surface area contributed by atoms with Crippen LogP contribution in [0.4, 0.5) is 0 Å². The zero-order valence-electron chi connectivity index (χ0n) is 9.78. The van der Waals surface area contributed by atoms with Gasteiger partial charge in [0.1, 0.15) is 6.04 Å². The van der Waals surface area contributed by atoms with Crippen LogP contribution in [0.15, 0.2) is 0 Å². The molecule has 0 aromatic carbocycles. The number of thioether (sulfide) groups is 1. The fourth-order valence-corrected chi connectivity index (χ4v) is 2.36. The van der Waals surface area contributed by atoms with Gasteiger partial charge in [0.05, 0.1) is 7.11 Å². The van der Waals surface area contributed by atoms with E-state index in [-0.39, 0.29) is 18.6 Å². The molecule has 0 saturated heterocycles. The monoisotopic (exact) mass is 247 g/mol. The van der Waals surface area contributed by atoms with E-state index >= 15 is 0 Å². The maximum Gasteiger partial charge on any atom is 0.322 e. The summed E-state index contributed by atoms with van der Waals surface area (Å²) in [7, 11) is 1.43. The van der Waals surface area contributed by atoms with Gasteiger partial charge in [-0.2, -0.15) is 11.8 Å². The Morgan fingerprint density at radius 1 is 1.56 bits per heavy atom. The number of carbonyl (C=O) groups is 1. The molecule has 1 atom stereocenters. The van der Waals surface area contributed by atoms with Gasteiger partial charge >= 0.3 is 5.97 Å². The van der Waals surface area contributed by atoms with Gasteiger partial charge in [-0.25, -0.2) is 0 Å². The molecule has 0 aromatic heterocycles. The highest BCUT2D eigenvalue weighted by Crippen LogP contribution is 2.20. The van der Waals surface area contributed by atoms with Crippen LogP contribution in [-0.2, 0) is 9.53 Å². The van der Waals surface area contributed by atoms with Crippen LogP contribution < -0.4 is 5.32 Å². The Labute approximate surface area is 101 Å². The number of aliphatic hydroxyl groups is 1. The quantitative estimate of drug-likeness (QED) is 0.466. The molecule has 1 aliphatic carbocycles. The van der Waals surface area contributed by atoms with Gasteiger partial charge in [0.15, 0.2) is 0 Å². The first-order chi connectivity index (χ1) is 7.77. The van der Waals surface area contributed by atoms with Gasteiger partial charge in [-0.15, -0.1) is 0 Å². The SMILES string of the molecule is COC(=O)C(CCSCCCO)NC1CC1. The van der Waals surface area contributed by atoms with Gasteiger partial charge in [-0.3, -0.25) is 4.79 Å². The van der Waals surface area contributed by atoms with Gasteiger partial charge in [-0.1, -0.05) is 0 Å².